The minimum absolute atomic E-state index is 0.113. The Hall–Kier alpha value is -2.20. The first-order chi connectivity index (χ1) is 14.7. The summed E-state index contributed by atoms with van der Waals surface area (Å²) in [4.78, 5) is 20.5. The second-order valence-corrected chi connectivity index (χ2v) is 10.5. The first-order valence-electron chi connectivity index (χ1n) is 11.7. The molecule has 1 aliphatic heterocycles. The zero-order chi connectivity index (χ0) is 22.2. The van der Waals surface area contributed by atoms with Gasteiger partial charge in [-0.05, 0) is 95.8 Å². The average Bonchev–Trinajstić information content (AvgIpc) is 2.72. The molecule has 0 amide bonds. The van der Waals surface area contributed by atoms with E-state index in [2.05, 4.69) is 55.3 Å². The standard InChI is InChI=1S/C27H36N2O2/c1-18-6-10-22(23(16-18)26(30)31-27(2,3)4)21-8-7-19-9-11-24(28-25(19)17-21)20-12-14-29(5)15-13-20/h7-11,17-18,20,23H,6,12-16H2,1-5H3/t18-,23?/m0/s1. The lowest BCUT2D eigenvalue weighted by Crippen LogP contribution is -2.31. The highest BCUT2D eigenvalue weighted by Crippen LogP contribution is 2.38. The minimum atomic E-state index is -0.475. The van der Waals surface area contributed by atoms with Crippen LogP contribution in [0.4, 0.5) is 0 Å². The molecule has 0 N–H and O–H groups in total. The number of hydrogen-bond acceptors (Lipinski definition) is 4. The van der Waals surface area contributed by atoms with Crippen molar-refractivity contribution in [1.82, 2.24) is 9.88 Å². The van der Waals surface area contributed by atoms with Crippen LogP contribution < -0.4 is 0 Å². The Balaban J connectivity index is 1.64. The molecule has 0 radical (unpaired) electrons. The lowest BCUT2D eigenvalue weighted by molar-refractivity contribution is -0.158. The van der Waals surface area contributed by atoms with Gasteiger partial charge in [0.25, 0.3) is 0 Å². The van der Waals surface area contributed by atoms with Crippen LogP contribution in [0.1, 0.15) is 70.6 Å². The number of allylic oxidation sites excluding steroid dienone is 1. The molecule has 0 saturated carbocycles. The van der Waals surface area contributed by atoms with Crippen molar-refractivity contribution in [2.75, 3.05) is 20.1 Å². The fraction of sp³-hybridized carbons (Fsp3) is 0.556. The van der Waals surface area contributed by atoms with Crippen LogP contribution in [0.3, 0.4) is 0 Å². The maximum absolute atomic E-state index is 13.0. The summed E-state index contributed by atoms with van der Waals surface area (Å²) in [6.45, 7) is 10.3. The number of hydrogen-bond donors (Lipinski definition) is 0. The van der Waals surface area contributed by atoms with E-state index in [0.29, 0.717) is 11.8 Å². The van der Waals surface area contributed by atoms with Crippen LogP contribution in [0, 0.1) is 11.8 Å². The number of carbonyl (C=O) groups excluding carboxylic acids is 1. The van der Waals surface area contributed by atoms with Gasteiger partial charge in [0.2, 0.25) is 0 Å². The Kier molecular flexibility index (Phi) is 6.20. The number of piperidine rings is 1. The molecule has 1 fully saturated rings. The van der Waals surface area contributed by atoms with Crippen LogP contribution in [0.2, 0.25) is 0 Å². The van der Waals surface area contributed by atoms with Crippen LogP contribution in [0.5, 0.6) is 0 Å². The van der Waals surface area contributed by atoms with E-state index >= 15 is 0 Å². The number of esters is 1. The summed E-state index contributed by atoms with van der Waals surface area (Å²) < 4.78 is 5.77. The van der Waals surface area contributed by atoms with Crippen LogP contribution >= 0.6 is 0 Å². The molecule has 2 heterocycles. The van der Waals surface area contributed by atoms with Crippen molar-refractivity contribution >= 4 is 22.4 Å². The molecular formula is C27H36N2O2. The number of nitrogens with zero attached hydrogens (tertiary/aromatic N) is 2. The number of rotatable bonds is 3. The second-order valence-electron chi connectivity index (χ2n) is 10.5. The van der Waals surface area contributed by atoms with Crippen LogP contribution in [0.25, 0.3) is 16.5 Å². The molecule has 1 unspecified atom stereocenters. The molecule has 1 aromatic heterocycles. The number of pyridine rings is 1. The maximum atomic E-state index is 13.0. The van der Waals surface area contributed by atoms with Gasteiger partial charge in [-0.2, -0.15) is 0 Å². The van der Waals surface area contributed by atoms with E-state index in [1.54, 1.807) is 0 Å². The number of aromatic nitrogens is 1. The number of fused-ring (bicyclic) bond motifs is 1. The van der Waals surface area contributed by atoms with Crippen LogP contribution in [-0.2, 0) is 9.53 Å². The molecule has 4 heteroatoms. The highest BCUT2D eigenvalue weighted by atomic mass is 16.6. The van der Waals surface area contributed by atoms with E-state index in [4.69, 9.17) is 9.72 Å². The number of benzene rings is 1. The molecule has 2 aliphatic rings. The van der Waals surface area contributed by atoms with Crippen LogP contribution in [0.15, 0.2) is 36.4 Å². The Morgan fingerprint density at radius 2 is 1.84 bits per heavy atom. The lowest BCUT2D eigenvalue weighted by atomic mass is 9.79. The first kappa shape index (κ1) is 22.0. The summed E-state index contributed by atoms with van der Waals surface area (Å²) >= 11 is 0. The quantitative estimate of drug-likeness (QED) is 0.587. The minimum Gasteiger partial charge on any atom is -0.459 e. The van der Waals surface area contributed by atoms with E-state index in [1.807, 2.05) is 20.8 Å². The topological polar surface area (TPSA) is 42.4 Å². The summed E-state index contributed by atoms with van der Waals surface area (Å²) in [5.41, 5.74) is 3.95. The van der Waals surface area contributed by atoms with Gasteiger partial charge in [-0.3, -0.25) is 9.78 Å². The van der Waals surface area contributed by atoms with E-state index in [1.165, 1.54) is 18.5 Å². The molecule has 166 valence electrons. The molecular weight excluding hydrogens is 384 g/mol. The summed E-state index contributed by atoms with van der Waals surface area (Å²) in [5.74, 6) is 0.695. The Labute approximate surface area is 186 Å². The van der Waals surface area contributed by atoms with Crippen molar-refractivity contribution in [3.05, 3.63) is 47.7 Å². The predicted octanol–water partition coefficient (Wildman–Crippen LogP) is 5.82. The number of carbonyl (C=O) groups is 1. The molecule has 2 atom stereocenters. The van der Waals surface area contributed by atoms with Gasteiger partial charge in [0.05, 0.1) is 11.4 Å². The third-order valence-electron chi connectivity index (χ3n) is 6.63. The van der Waals surface area contributed by atoms with Crippen molar-refractivity contribution in [3.8, 4) is 0 Å². The zero-order valence-corrected chi connectivity index (χ0v) is 19.6. The highest BCUT2D eigenvalue weighted by Gasteiger charge is 2.32. The first-order valence-corrected chi connectivity index (χ1v) is 11.7. The molecule has 0 spiro atoms. The molecule has 4 rings (SSSR count). The molecule has 1 aromatic carbocycles. The predicted molar refractivity (Wildman–Crippen MR) is 127 cm³/mol. The summed E-state index contributed by atoms with van der Waals surface area (Å²) in [6.07, 6.45) is 6.40. The Bertz CT molecular complexity index is 980. The van der Waals surface area contributed by atoms with Crippen molar-refractivity contribution in [1.29, 1.82) is 0 Å². The molecule has 1 saturated heterocycles. The SMILES string of the molecule is C[C@H]1CC=C(c2ccc3ccc(C4CCN(C)CC4)nc3c2)C(C(=O)OC(C)(C)C)C1. The van der Waals surface area contributed by atoms with E-state index in [0.717, 1.165) is 48.0 Å². The van der Waals surface area contributed by atoms with E-state index in [-0.39, 0.29) is 11.9 Å². The van der Waals surface area contributed by atoms with Gasteiger partial charge in [0, 0.05) is 17.0 Å². The summed E-state index contributed by atoms with van der Waals surface area (Å²) in [5, 5.41) is 1.15. The van der Waals surface area contributed by atoms with Gasteiger partial charge in [-0.1, -0.05) is 31.2 Å². The largest absolute Gasteiger partial charge is 0.459 e. The van der Waals surface area contributed by atoms with Crippen LogP contribution in [-0.4, -0.2) is 41.6 Å². The summed E-state index contributed by atoms with van der Waals surface area (Å²) in [6, 6.07) is 10.8. The Morgan fingerprint density at radius 1 is 1.13 bits per heavy atom. The molecule has 1 aliphatic carbocycles. The smallest absolute Gasteiger partial charge is 0.313 e. The number of ether oxygens (including phenoxy) is 1. The molecule has 2 aromatic rings. The van der Waals surface area contributed by atoms with Crippen molar-refractivity contribution in [2.24, 2.45) is 11.8 Å². The van der Waals surface area contributed by atoms with Gasteiger partial charge < -0.3 is 9.64 Å². The third-order valence-corrected chi connectivity index (χ3v) is 6.63. The maximum Gasteiger partial charge on any atom is 0.313 e. The van der Waals surface area contributed by atoms with E-state index < -0.39 is 5.60 Å². The normalized spacial score (nSPS) is 23.6. The number of likely N-dealkylation sites (tertiary alicyclic amines) is 1. The lowest BCUT2D eigenvalue weighted by Gasteiger charge is -2.30. The fourth-order valence-electron chi connectivity index (χ4n) is 4.86. The monoisotopic (exact) mass is 420 g/mol. The fourth-order valence-corrected chi connectivity index (χ4v) is 4.86. The summed E-state index contributed by atoms with van der Waals surface area (Å²) in [7, 11) is 2.19. The second kappa shape index (κ2) is 8.74. The van der Waals surface area contributed by atoms with Crippen molar-refractivity contribution < 1.29 is 9.53 Å². The van der Waals surface area contributed by atoms with Gasteiger partial charge in [-0.15, -0.1) is 0 Å². The third kappa shape index (κ3) is 5.17. The zero-order valence-electron chi connectivity index (χ0n) is 19.6. The van der Waals surface area contributed by atoms with Gasteiger partial charge in [0.15, 0.2) is 0 Å². The Morgan fingerprint density at radius 3 is 2.55 bits per heavy atom. The molecule has 4 nitrogen and oxygen atoms in total. The van der Waals surface area contributed by atoms with Gasteiger partial charge in [0.1, 0.15) is 5.60 Å². The highest BCUT2D eigenvalue weighted by molar-refractivity contribution is 5.92. The van der Waals surface area contributed by atoms with Crippen molar-refractivity contribution in [3.63, 3.8) is 0 Å². The van der Waals surface area contributed by atoms with Crippen molar-refractivity contribution in [2.45, 2.75) is 64.9 Å². The average molecular weight is 421 g/mol. The van der Waals surface area contributed by atoms with Gasteiger partial charge in [-0.25, -0.2) is 0 Å². The van der Waals surface area contributed by atoms with Gasteiger partial charge >= 0.3 is 5.97 Å². The van der Waals surface area contributed by atoms with E-state index in [9.17, 15) is 4.79 Å². The molecule has 31 heavy (non-hydrogen) atoms. The molecule has 0 bridgehead atoms.